The Balaban J connectivity index is 2.29. The number of carbonyl (C=O) groups is 3. The molecule has 1 N–H and O–H groups in total. The molecule has 0 bridgehead atoms. The molecule has 2 rings (SSSR count). The van der Waals surface area contributed by atoms with E-state index in [4.69, 9.17) is 0 Å². The van der Waals surface area contributed by atoms with Crippen LogP contribution < -0.4 is 5.32 Å². The summed E-state index contributed by atoms with van der Waals surface area (Å²) in [5, 5.41) is 13.3. The molecular weight excluding hydrogens is 314 g/mol. The Morgan fingerprint density at radius 1 is 1.25 bits per heavy atom. The van der Waals surface area contributed by atoms with Crippen molar-refractivity contribution in [2.24, 2.45) is 5.41 Å². The number of rotatable bonds is 4. The fourth-order valence-corrected chi connectivity index (χ4v) is 2.33. The second-order valence-electron chi connectivity index (χ2n) is 6.92. The number of ketones is 1. The third-order valence-electron chi connectivity index (χ3n) is 4.07. The van der Waals surface area contributed by atoms with Crippen molar-refractivity contribution < 1.29 is 19.3 Å². The second-order valence-corrected chi connectivity index (χ2v) is 6.92. The van der Waals surface area contributed by atoms with Crippen LogP contribution in [0, 0.1) is 15.5 Å². The molecule has 1 aliphatic rings. The fourth-order valence-electron chi connectivity index (χ4n) is 2.33. The van der Waals surface area contributed by atoms with Gasteiger partial charge >= 0.3 is 6.03 Å². The predicted octanol–water partition coefficient (Wildman–Crippen LogP) is 1.98. The van der Waals surface area contributed by atoms with Crippen molar-refractivity contribution in [3.8, 4) is 0 Å². The van der Waals surface area contributed by atoms with Crippen molar-refractivity contribution in [3.05, 3.63) is 39.9 Å². The Kier molecular flexibility index (Phi) is 4.18. The third kappa shape index (κ3) is 2.99. The van der Waals surface area contributed by atoms with Gasteiger partial charge in [0.15, 0.2) is 5.78 Å². The van der Waals surface area contributed by atoms with Crippen LogP contribution >= 0.6 is 0 Å². The maximum Gasteiger partial charge on any atom is 0.325 e. The molecule has 1 fully saturated rings. The molecule has 128 valence electrons. The highest BCUT2D eigenvalue weighted by molar-refractivity contribution is 6.09. The van der Waals surface area contributed by atoms with Crippen molar-refractivity contribution in [1.29, 1.82) is 0 Å². The number of nitrogens with one attached hydrogen (secondary N) is 1. The number of Topliss-reactive ketones (excluding diaryl/α,β-unsaturated/α-hetero) is 1. The van der Waals surface area contributed by atoms with Crippen LogP contribution in [0.5, 0.6) is 0 Å². The van der Waals surface area contributed by atoms with Gasteiger partial charge in [-0.05, 0) is 24.6 Å². The molecule has 1 saturated heterocycles. The Labute approximate surface area is 139 Å². The number of hydrogen-bond donors (Lipinski definition) is 1. The highest BCUT2D eigenvalue weighted by atomic mass is 16.6. The average Bonchev–Trinajstić information content (AvgIpc) is 2.70. The summed E-state index contributed by atoms with van der Waals surface area (Å²) in [6.07, 6.45) is 0. The summed E-state index contributed by atoms with van der Waals surface area (Å²) in [5.74, 6) is -0.794. The molecule has 1 heterocycles. The number of nitrogens with zero attached hydrogens (tertiary/aromatic N) is 2. The first kappa shape index (κ1) is 17.6. The molecule has 0 spiro atoms. The zero-order valence-corrected chi connectivity index (χ0v) is 14.0. The molecule has 0 aliphatic carbocycles. The van der Waals surface area contributed by atoms with Gasteiger partial charge in [-0.15, -0.1) is 0 Å². The van der Waals surface area contributed by atoms with Gasteiger partial charge in [0, 0.05) is 17.5 Å². The predicted molar refractivity (Wildman–Crippen MR) is 85.2 cm³/mol. The summed E-state index contributed by atoms with van der Waals surface area (Å²) in [6.45, 7) is 6.34. The molecule has 1 aromatic carbocycles. The van der Waals surface area contributed by atoms with Gasteiger partial charge in [-0.1, -0.05) is 20.8 Å². The van der Waals surface area contributed by atoms with Crippen LogP contribution in [0.15, 0.2) is 24.3 Å². The minimum Gasteiger partial charge on any atom is -0.319 e. The van der Waals surface area contributed by atoms with Crippen molar-refractivity contribution in [1.82, 2.24) is 10.2 Å². The molecule has 1 unspecified atom stereocenters. The second kappa shape index (κ2) is 5.70. The van der Waals surface area contributed by atoms with E-state index in [0.717, 1.165) is 4.90 Å². The van der Waals surface area contributed by atoms with E-state index >= 15 is 0 Å². The van der Waals surface area contributed by atoms with Crippen LogP contribution in [0.2, 0.25) is 0 Å². The summed E-state index contributed by atoms with van der Waals surface area (Å²) in [5.41, 5.74) is -1.73. The summed E-state index contributed by atoms with van der Waals surface area (Å²) in [4.78, 5) is 48.0. The highest BCUT2D eigenvalue weighted by Crippen LogP contribution is 2.30. The van der Waals surface area contributed by atoms with Crippen LogP contribution in [-0.4, -0.2) is 34.1 Å². The smallest absolute Gasteiger partial charge is 0.319 e. The lowest BCUT2D eigenvalue weighted by atomic mass is 9.89. The maximum atomic E-state index is 12.7. The largest absolute Gasteiger partial charge is 0.325 e. The quantitative estimate of drug-likeness (QED) is 0.514. The van der Waals surface area contributed by atoms with Crippen molar-refractivity contribution in [2.45, 2.75) is 33.2 Å². The molecule has 0 aromatic heterocycles. The molecule has 24 heavy (non-hydrogen) atoms. The minimum absolute atomic E-state index is 0.112. The maximum absolute atomic E-state index is 12.7. The number of amides is 3. The lowest BCUT2D eigenvalue weighted by Crippen LogP contribution is -2.42. The van der Waals surface area contributed by atoms with Crippen LogP contribution in [0.1, 0.15) is 33.3 Å². The summed E-state index contributed by atoms with van der Waals surface area (Å²) in [6, 6.07) is 4.72. The minimum atomic E-state index is -1.36. The summed E-state index contributed by atoms with van der Waals surface area (Å²) in [7, 11) is 0. The Hall–Kier alpha value is -2.77. The van der Waals surface area contributed by atoms with Gasteiger partial charge in [0.1, 0.15) is 5.54 Å². The first-order valence-electron chi connectivity index (χ1n) is 7.39. The van der Waals surface area contributed by atoms with Crippen molar-refractivity contribution in [3.63, 3.8) is 0 Å². The number of imide groups is 1. The first-order valence-corrected chi connectivity index (χ1v) is 7.39. The fraction of sp³-hybridized carbons (Fsp3) is 0.438. The van der Waals surface area contributed by atoms with Gasteiger partial charge in [0.2, 0.25) is 0 Å². The van der Waals surface area contributed by atoms with Gasteiger partial charge in [0.05, 0.1) is 11.5 Å². The highest BCUT2D eigenvalue weighted by Gasteiger charge is 2.50. The Morgan fingerprint density at radius 3 is 2.25 bits per heavy atom. The van der Waals surface area contributed by atoms with E-state index in [1.165, 1.54) is 31.2 Å². The third-order valence-corrected chi connectivity index (χ3v) is 4.07. The van der Waals surface area contributed by atoms with Gasteiger partial charge < -0.3 is 5.32 Å². The average molecular weight is 333 g/mol. The molecule has 1 aromatic rings. The topological polar surface area (TPSA) is 110 Å². The van der Waals surface area contributed by atoms with Crippen LogP contribution in [0.25, 0.3) is 0 Å². The van der Waals surface area contributed by atoms with Gasteiger partial charge in [-0.25, -0.2) is 4.79 Å². The van der Waals surface area contributed by atoms with E-state index in [9.17, 15) is 24.5 Å². The number of non-ortho nitro benzene ring substituents is 1. The zero-order valence-electron chi connectivity index (χ0n) is 14.0. The number of urea groups is 1. The summed E-state index contributed by atoms with van der Waals surface area (Å²) < 4.78 is 0. The lowest BCUT2D eigenvalue weighted by Gasteiger charge is -2.23. The first-order chi connectivity index (χ1) is 11.0. The summed E-state index contributed by atoms with van der Waals surface area (Å²) >= 11 is 0. The Morgan fingerprint density at radius 2 is 1.79 bits per heavy atom. The molecule has 8 nitrogen and oxygen atoms in total. The van der Waals surface area contributed by atoms with E-state index in [-0.39, 0.29) is 18.0 Å². The number of benzene rings is 1. The molecule has 0 radical (unpaired) electrons. The van der Waals surface area contributed by atoms with E-state index < -0.39 is 27.8 Å². The van der Waals surface area contributed by atoms with E-state index in [2.05, 4.69) is 5.32 Å². The zero-order chi connectivity index (χ0) is 18.3. The van der Waals surface area contributed by atoms with Crippen LogP contribution in [0.4, 0.5) is 10.5 Å². The van der Waals surface area contributed by atoms with E-state index in [0.29, 0.717) is 5.56 Å². The van der Waals surface area contributed by atoms with E-state index in [1.54, 1.807) is 20.8 Å². The van der Waals surface area contributed by atoms with Gasteiger partial charge in [0.25, 0.3) is 11.6 Å². The normalized spacial score (nSPS) is 20.9. The van der Waals surface area contributed by atoms with Crippen LogP contribution in [-0.2, 0) is 15.1 Å². The molecule has 8 heteroatoms. The van der Waals surface area contributed by atoms with Crippen molar-refractivity contribution in [2.75, 3.05) is 6.54 Å². The standard InChI is InChI=1S/C16H19N3O5/c1-15(2,3)12(20)9-18-13(21)16(4,17-14(18)22)10-5-7-11(8-6-10)19(23)24/h5-8H,9H2,1-4H3,(H,17,22). The van der Waals surface area contributed by atoms with Gasteiger partial charge in [-0.3, -0.25) is 24.6 Å². The monoisotopic (exact) mass is 333 g/mol. The van der Waals surface area contributed by atoms with Crippen LogP contribution in [0.3, 0.4) is 0 Å². The molecule has 3 amide bonds. The lowest BCUT2D eigenvalue weighted by molar-refractivity contribution is -0.384. The number of nitro groups is 1. The van der Waals surface area contributed by atoms with Gasteiger partial charge in [-0.2, -0.15) is 0 Å². The number of hydrogen-bond acceptors (Lipinski definition) is 5. The SMILES string of the molecule is CC(C)(C)C(=O)CN1C(=O)NC(C)(c2ccc([N+](=O)[O-])cc2)C1=O. The Bertz CT molecular complexity index is 720. The van der Waals surface area contributed by atoms with E-state index in [1.807, 2.05) is 0 Å². The number of nitro benzene ring substituents is 1. The molecule has 1 aliphatic heterocycles. The molecular formula is C16H19N3O5. The number of carbonyl (C=O) groups excluding carboxylic acids is 3. The molecule has 1 atom stereocenters. The molecule has 0 saturated carbocycles. The van der Waals surface area contributed by atoms with Crippen molar-refractivity contribution >= 4 is 23.4 Å².